The molecular formula is C20H30Cr. The molecule has 0 aromatic rings. The van der Waals surface area contributed by atoms with E-state index in [-0.39, 0.29) is 28.2 Å². The van der Waals surface area contributed by atoms with Gasteiger partial charge in [0.1, 0.15) is 0 Å². The molecule has 2 aliphatic carbocycles. The molecule has 0 aromatic carbocycles. The van der Waals surface area contributed by atoms with E-state index >= 15 is 0 Å². The maximum atomic E-state index is 3.44. The Labute approximate surface area is 143 Å². The second-order valence-corrected chi connectivity index (χ2v) is 7.25. The fourth-order valence-electron chi connectivity index (χ4n) is 2.81. The molecular weight excluding hydrogens is 292 g/mol. The van der Waals surface area contributed by atoms with Crippen LogP contribution in [0.1, 0.15) is 69.2 Å². The molecule has 0 bridgehead atoms. The quantitative estimate of drug-likeness (QED) is 0.464. The zero-order chi connectivity index (χ0) is 15.9. The molecule has 1 heteroatoms. The number of rotatable bonds is 0. The molecule has 0 N–H and O–H groups in total. The van der Waals surface area contributed by atoms with Crippen LogP contribution in [0.5, 0.6) is 0 Å². The minimum absolute atomic E-state index is 0. The van der Waals surface area contributed by atoms with Crippen molar-refractivity contribution in [1.29, 1.82) is 0 Å². The fourth-order valence-corrected chi connectivity index (χ4v) is 2.81. The summed E-state index contributed by atoms with van der Waals surface area (Å²) in [6.45, 7) is 21.8. The molecule has 0 saturated carbocycles. The summed E-state index contributed by atoms with van der Waals surface area (Å²) >= 11 is 0. The first-order valence-corrected chi connectivity index (χ1v) is 7.50. The van der Waals surface area contributed by atoms with E-state index in [1.165, 1.54) is 33.4 Å². The first kappa shape index (κ1) is 20.5. The fraction of sp³-hybridized carbons (Fsp3) is 0.600. The van der Waals surface area contributed by atoms with Crippen molar-refractivity contribution in [3.05, 3.63) is 45.6 Å². The second-order valence-electron chi connectivity index (χ2n) is 7.25. The molecule has 21 heavy (non-hydrogen) atoms. The van der Waals surface area contributed by atoms with E-state index in [0.717, 1.165) is 0 Å². The van der Waals surface area contributed by atoms with Crippen LogP contribution in [0.2, 0.25) is 0 Å². The van der Waals surface area contributed by atoms with E-state index in [1.54, 1.807) is 0 Å². The first-order chi connectivity index (χ1) is 8.90. The van der Waals surface area contributed by atoms with Crippen LogP contribution in [0, 0.1) is 23.0 Å². The summed E-state index contributed by atoms with van der Waals surface area (Å²) in [4.78, 5) is 0. The standard InChI is InChI=1S/2C10H15.Cr/c2*1-7-6-10(4,5)9(3)8(7)2;/h2*1-5H3;/q2*-1;+2. The SMILES string of the molecule is CC1=[C-]C(C)(C)C(C)=C1C.CC1=[C-]C(C)(C)C(C)=C1C.[Cr+2]. The van der Waals surface area contributed by atoms with Gasteiger partial charge in [0.15, 0.2) is 0 Å². The summed E-state index contributed by atoms with van der Waals surface area (Å²) in [5.74, 6) is 0. The van der Waals surface area contributed by atoms with Crippen LogP contribution in [-0.4, -0.2) is 0 Å². The van der Waals surface area contributed by atoms with Crippen LogP contribution in [0.3, 0.4) is 0 Å². The van der Waals surface area contributed by atoms with Gasteiger partial charge in [-0.1, -0.05) is 66.2 Å². The third-order valence-electron chi connectivity index (χ3n) is 5.12. The molecule has 2 aliphatic rings. The topological polar surface area (TPSA) is 0 Å². The Bertz CT molecular complexity index is 484. The van der Waals surface area contributed by atoms with Crippen LogP contribution in [-0.2, 0) is 17.4 Å². The molecule has 0 saturated heterocycles. The van der Waals surface area contributed by atoms with Crippen molar-refractivity contribution in [2.24, 2.45) is 10.8 Å². The number of allylic oxidation sites excluding steroid dienone is 8. The Morgan fingerprint density at radius 2 is 0.810 bits per heavy atom. The molecule has 0 spiro atoms. The molecule has 116 valence electrons. The molecule has 0 aromatic heterocycles. The van der Waals surface area contributed by atoms with Crippen LogP contribution in [0.25, 0.3) is 0 Å². The van der Waals surface area contributed by atoms with Crippen LogP contribution in [0.4, 0.5) is 0 Å². The number of hydrogen-bond donors (Lipinski definition) is 0. The van der Waals surface area contributed by atoms with Gasteiger partial charge in [-0.2, -0.15) is 22.3 Å². The van der Waals surface area contributed by atoms with Gasteiger partial charge in [-0.15, -0.1) is 13.8 Å². The minimum atomic E-state index is 0. The summed E-state index contributed by atoms with van der Waals surface area (Å²) in [5, 5.41) is 0. The molecule has 0 heterocycles. The Kier molecular flexibility index (Phi) is 6.56. The van der Waals surface area contributed by atoms with Crippen molar-refractivity contribution in [2.75, 3.05) is 0 Å². The maximum absolute atomic E-state index is 3.44. The zero-order valence-corrected chi connectivity index (χ0v) is 16.7. The van der Waals surface area contributed by atoms with Gasteiger partial charge in [-0.05, 0) is 0 Å². The van der Waals surface area contributed by atoms with E-state index in [1.807, 2.05) is 0 Å². The Morgan fingerprint density at radius 1 is 0.571 bits per heavy atom. The average molecular weight is 322 g/mol. The summed E-state index contributed by atoms with van der Waals surface area (Å²) < 4.78 is 0. The van der Waals surface area contributed by atoms with Crippen molar-refractivity contribution in [3.63, 3.8) is 0 Å². The minimum Gasteiger partial charge on any atom is -0.263 e. The summed E-state index contributed by atoms with van der Waals surface area (Å²) in [5.41, 5.74) is 8.79. The predicted octanol–water partition coefficient (Wildman–Crippen LogP) is 6.22. The Morgan fingerprint density at radius 3 is 0.857 bits per heavy atom. The van der Waals surface area contributed by atoms with E-state index in [0.29, 0.717) is 0 Å². The van der Waals surface area contributed by atoms with E-state index in [9.17, 15) is 0 Å². The molecule has 0 amide bonds. The van der Waals surface area contributed by atoms with Gasteiger partial charge in [-0.25, -0.2) is 11.1 Å². The third kappa shape index (κ3) is 4.24. The molecule has 0 fully saturated rings. The summed E-state index contributed by atoms with van der Waals surface area (Å²) in [6.07, 6.45) is 6.87. The summed E-state index contributed by atoms with van der Waals surface area (Å²) in [7, 11) is 0. The zero-order valence-electron chi connectivity index (χ0n) is 15.4. The van der Waals surface area contributed by atoms with Crippen molar-refractivity contribution >= 4 is 0 Å². The van der Waals surface area contributed by atoms with Gasteiger partial charge >= 0.3 is 17.4 Å². The van der Waals surface area contributed by atoms with E-state index in [4.69, 9.17) is 0 Å². The van der Waals surface area contributed by atoms with Crippen molar-refractivity contribution in [1.82, 2.24) is 0 Å². The van der Waals surface area contributed by atoms with Crippen molar-refractivity contribution in [2.45, 2.75) is 69.2 Å². The molecule has 0 unspecified atom stereocenters. The Hall–Kier alpha value is -0.508. The molecule has 2 rings (SSSR count). The monoisotopic (exact) mass is 322 g/mol. The van der Waals surface area contributed by atoms with Gasteiger partial charge in [0.2, 0.25) is 0 Å². The molecule has 0 radical (unpaired) electrons. The first-order valence-electron chi connectivity index (χ1n) is 7.50. The molecule has 0 atom stereocenters. The van der Waals surface area contributed by atoms with Gasteiger partial charge < -0.3 is 0 Å². The normalized spacial score (nSPS) is 22.4. The smallest absolute Gasteiger partial charge is 0.263 e. The van der Waals surface area contributed by atoms with Gasteiger partial charge in [-0.3, -0.25) is 12.2 Å². The second kappa shape index (κ2) is 6.72. The summed E-state index contributed by atoms with van der Waals surface area (Å²) in [6, 6.07) is 0. The van der Waals surface area contributed by atoms with Crippen molar-refractivity contribution < 1.29 is 17.4 Å². The van der Waals surface area contributed by atoms with E-state index in [2.05, 4.69) is 81.4 Å². The molecule has 0 nitrogen and oxygen atoms in total. The van der Waals surface area contributed by atoms with E-state index < -0.39 is 0 Å². The van der Waals surface area contributed by atoms with Crippen LogP contribution < -0.4 is 0 Å². The molecule has 0 aliphatic heterocycles. The number of hydrogen-bond acceptors (Lipinski definition) is 0. The predicted molar refractivity (Wildman–Crippen MR) is 89.2 cm³/mol. The van der Waals surface area contributed by atoms with Crippen LogP contribution >= 0.6 is 0 Å². The van der Waals surface area contributed by atoms with Gasteiger partial charge in [0.25, 0.3) is 0 Å². The maximum Gasteiger partial charge on any atom is 2.00 e. The van der Waals surface area contributed by atoms with Gasteiger partial charge in [0.05, 0.1) is 0 Å². The third-order valence-corrected chi connectivity index (χ3v) is 5.12. The van der Waals surface area contributed by atoms with Crippen LogP contribution in [0.15, 0.2) is 33.4 Å². The Balaban J connectivity index is 0.000000364. The van der Waals surface area contributed by atoms with Crippen molar-refractivity contribution in [3.8, 4) is 0 Å². The largest absolute Gasteiger partial charge is 2.00 e. The average Bonchev–Trinajstić information content (AvgIpc) is 2.60. The van der Waals surface area contributed by atoms with Gasteiger partial charge in [0, 0.05) is 0 Å².